The average Bonchev–Trinajstić information content (AvgIpc) is 2.62. The highest BCUT2D eigenvalue weighted by Gasteiger charge is 2.30. The van der Waals surface area contributed by atoms with Crippen molar-refractivity contribution in [1.29, 1.82) is 0 Å². The van der Waals surface area contributed by atoms with E-state index in [0.717, 1.165) is 4.47 Å². The summed E-state index contributed by atoms with van der Waals surface area (Å²) in [5, 5.41) is 0. The summed E-state index contributed by atoms with van der Waals surface area (Å²) in [5.74, 6) is -0.0825. The first-order valence-corrected chi connectivity index (χ1v) is 9.67. The average molecular weight is 410 g/mol. The molecule has 2 heterocycles. The Kier molecular flexibility index (Phi) is 4.98. The van der Waals surface area contributed by atoms with Crippen LogP contribution in [0.1, 0.15) is 10.4 Å². The topological polar surface area (TPSA) is 70.6 Å². The number of carbonyl (C=O) groups is 1. The maximum Gasteiger partial charge on any atom is 0.253 e. The van der Waals surface area contributed by atoms with Crippen molar-refractivity contribution in [2.45, 2.75) is 4.90 Å². The molecule has 1 aromatic heterocycles. The van der Waals surface area contributed by atoms with Crippen LogP contribution >= 0.6 is 15.9 Å². The molecule has 8 heteroatoms. The smallest absolute Gasteiger partial charge is 0.253 e. The molecule has 1 aliphatic rings. The molecule has 1 saturated heterocycles. The number of rotatable bonds is 3. The number of sulfonamides is 1. The molecular formula is C16H16BrN3O3S. The molecule has 1 aromatic carbocycles. The quantitative estimate of drug-likeness (QED) is 0.776. The van der Waals surface area contributed by atoms with E-state index >= 15 is 0 Å². The van der Waals surface area contributed by atoms with Gasteiger partial charge < -0.3 is 4.90 Å². The Hall–Kier alpha value is -1.77. The van der Waals surface area contributed by atoms with Crippen molar-refractivity contribution in [3.63, 3.8) is 0 Å². The first kappa shape index (κ1) is 17.1. The Balaban J connectivity index is 1.67. The lowest BCUT2D eigenvalue weighted by Crippen LogP contribution is -2.50. The molecule has 1 fully saturated rings. The van der Waals surface area contributed by atoms with Crippen LogP contribution in [0, 0.1) is 0 Å². The van der Waals surface area contributed by atoms with Gasteiger partial charge >= 0.3 is 0 Å². The molecule has 0 radical (unpaired) electrons. The first-order valence-electron chi connectivity index (χ1n) is 7.43. The normalized spacial score (nSPS) is 16.1. The third kappa shape index (κ3) is 3.50. The minimum atomic E-state index is -3.55. The molecule has 0 bridgehead atoms. The number of nitrogens with zero attached hydrogens (tertiary/aromatic N) is 3. The van der Waals surface area contributed by atoms with E-state index in [1.165, 1.54) is 22.8 Å². The van der Waals surface area contributed by atoms with E-state index in [0.29, 0.717) is 18.7 Å². The monoisotopic (exact) mass is 409 g/mol. The van der Waals surface area contributed by atoms with Crippen molar-refractivity contribution in [1.82, 2.24) is 14.2 Å². The van der Waals surface area contributed by atoms with Crippen molar-refractivity contribution in [2.75, 3.05) is 26.2 Å². The lowest BCUT2D eigenvalue weighted by Gasteiger charge is -2.34. The highest BCUT2D eigenvalue weighted by Crippen LogP contribution is 2.18. The van der Waals surface area contributed by atoms with Crippen molar-refractivity contribution in [3.05, 3.63) is 58.8 Å². The van der Waals surface area contributed by atoms with Gasteiger partial charge in [0.15, 0.2) is 0 Å². The summed E-state index contributed by atoms with van der Waals surface area (Å²) in [7, 11) is -3.55. The number of hydrogen-bond donors (Lipinski definition) is 0. The maximum absolute atomic E-state index is 12.5. The zero-order valence-corrected chi connectivity index (χ0v) is 15.2. The first-order chi connectivity index (χ1) is 11.5. The Morgan fingerprint density at radius 1 is 1.04 bits per heavy atom. The molecule has 0 saturated carbocycles. The van der Waals surface area contributed by atoms with Crippen LogP contribution in [0.5, 0.6) is 0 Å². The van der Waals surface area contributed by atoms with Gasteiger partial charge in [-0.25, -0.2) is 8.42 Å². The fourth-order valence-corrected chi connectivity index (χ4v) is 4.21. The lowest BCUT2D eigenvalue weighted by atomic mass is 10.2. The number of benzene rings is 1. The Morgan fingerprint density at radius 3 is 2.29 bits per heavy atom. The Labute approximate surface area is 149 Å². The number of piperazine rings is 1. The van der Waals surface area contributed by atoms with Gasteiger partial charge in [0, 0.05) is 48.6 Å². The number of hydrogen-bond acceptors (Lipinski definition) is 4. The molecule has 0 atom stereocenters. The van der Waals surface area contributed by atoms with E-state index in [9.17, 15) is 13.2 Å². The number of aromatic nitrogens is 1. The molecule has 0 aliphatic carbocycles. The Bertz CT molecular complexity index is 817. The van der Waals surface area contributed by atoms with E-state index in [-0.39, 0.29) is 23.9 Å². The highest BCUT2D eigenvalue weighted by atomic mass is 79.9. The number of halogens is 1. The number of pyridine rings is 1. The lowest BCUT2D eigenvalue weighted by molar-refractivity contribution is 0.0698. The van der Waals surface area contributed by atoms with Crippen LogP contribution in [0.2, 0.25) is 0 Å². The van der Waals surface area contributed by atoms with Crippen molar-refractivity contribution in [3.8, 4) is 0 Å². The largest absolute Gasteiger partial charge is 0.336 e. The molecule has 126 valence electrons. The number of amides is 1. The molecule has 0 N–H and O–H groups in total. The van der Waals surface area contributed by atoms with Crippen LogP contribution in [0.15, 0.2) is 58.2 Å². The summed E-state index contributed by atoms with van der Waals surface area (Å²) in [4.78, 5) is 18.2. The summed E-state index contributed by atoms with van der Waals surface area (Å²) in [6.45, 7) is 1.29. The van der Waals surface area contributed by atoms with Crippen molar-refractivity contribution in [2.24, 2.45) is 0 Å². The molecule has 0 unspecified atom stereocenters. The standard InChI is InChI=1S/C16H16BrN3O3S/c17-14-5-3-13(4-6-14)16(21)19-8-10-20(11-9-19)24(22,23)15-2-1-7-18-12-15/h1-7,12H,8-11H2. The van der Waals surface area contributed by atoms with E-state index < -0.39 is 10.0 Å². The molecule has 0 spiro atoms. The minimum Gasteiger partial charge on any atom is -0.336 e. The van der Waals surface area contributed by atoms with Gasteiger partial charge in [0.05, 0.1) is 0 Å². The zero-order chi connectivity index (χ0) is 17.2. The van der Waals surface area contributed by atoms with Crippen LogP contribution < -0.4 is 0 Å². The summed E-state index contributed by atoms with van der Waals surface area (Å²) >= 11 is 3.34. The summed E-state index contributed by atoms with van der Waals surface area (Å²) in [6.07, 6.45) is 2.88. The maximum atomic E-state index is 12.5. The van der Waals surface area contributed by atoms with Crippen molar-refractivity contribution < 1.29 is 13.2 Å². The van der Waals surface area contributed by atoms with Gasteiger partial charge in [0.1, 0.15) is 4.90 Å². The Morgan fingerprint density at radius 2 is 1.71 bits per heavy atom. The van der Waals surface area contributed by atoms with E-state index in [1.54, 1.807) is 23.1 Å². The molecule has 6 nitrogen and oxygen atoms in total. The van der Waals surface area contributed by atoms with Gasteiger partial charge in [0.2, 0.25) is 10.0 Å². The fraction of sp³-hybridized carbons (Fsp3) is 0.250. The highest BCUT2D eigenvalue weighted by molar-refractivity contribution is 9.10. The second kappa shape index (κ2) is 7.00. The van der Waals surface area contributed by atoms with Gasteiger partial charge in [-0.15, -0.1) is 0 Å². The van der Waals surface area contributed by atoms with Crippen LogP contribution in [0.4, 0.5) is 0 Å². The molecule has 2 aromatic rings. The molecule has 1 aliphatic heterocycles. The summed E-state index contributed by atoms with van der Waals surface area (Å²) in [5.41, 5.74) is 0.599. The number of carbonyl (C=O) groups excluding carboxylic acids is 1. The van der Waals surface area contributed by atoms with Gasteiger partial charge in [0.25, 0.3) is 5.91 Å². The second-order valence-corrected chi connectivity index (χ2v) is 8.25. The minimum absolute atomic E-state index is 0.0825. The second-order valence-electron chi connectivity index (χ2n) is 5.39. The van der Waals surface area contributed by atoms with Crippen molar-refractivity contribution >= 4 is 31.9 Å². The van der Waals surface area contributed by atoms with Gasteiger partial charge in [-0.05, 0) is 36.4 Å². The molecule has 24 heavy (non-hydrogen) atoms. The fourth-order valence-electron chi connectivity index (χ4n) is 2.56. The van der Waals surface area contributed by atoms with Gasteiger partial charge in [-0.3, -0.25) is 9.78 Å². The summed E-state index contributed by atoms with van der Waals surface area (Å²) in [6, 6.07) is 10.3. The molecular weight excluding hydrogens is 394 g/mol. The predicted octanol–water partition coefficient (Wildman–Crippen LogP) is 1.99. The van der Waals surface area contributed by atoms with Crippen LogP contribution in [-0.2, 0) is 10.0 Å². The van der Waals surface area contributed by atoms with E-state index in [2.05, 4.69) is 20.9 Å². The third-order valence-electron chi connectivity index (χ3n) is 3.89. The van der Waals surface area contributed by atoms with Gasteiger partial charge in [-0.1, -0.05) is 15.9 Å². The molecule has 1 amide bonds. The van der Waals surface area contributed by atoms with Gasteiger partial charge in [-0.2, -0.15) is 4.31 Å². The van der Waals surface area contributed by atoms with Crippen LogP contribution in [0.25, 0.3) is 0 Å². The zero-order valence-electron chi connectivity index (χ0n) is 12.8. The summed E-state index contributed by atoms with van der Waals surface area (Å²) < 4.78 is 27.4. The SMILES string of the molecule is O=C(c1ccc(Br)cc1)N1CCN(S(=O)(=O)c2cccnc2)CC1. The van der Waals surface area contributed by atoms with E-state index in [1.807, 2.05) is 12.1 Å². The van der Waals surface area contributed by atoms with E-state index in [4.69, 9.17) is 0 Å². The third-order valence-corrected chi connectivity index (χ3v) is 6.30. The predicted molar refractivity (Wildman–Crippen MR) is 93.0 cm³/mol. The van der Waals surface area contributed by atoms with Crippen LogP contribution in [-0.4, -0.2) is 54.7 Å². The van der Waals surface area contributed by atoms with Crippen LogP contribution in [0.3, 0.4) is 0 Å². The molecule has 3 rings (SSSR count).